The number of aliphatic hydroxyl groups is 1. The van der Waals surface area contributed by atoms with E-state index >= 15 is 0 Å². The van der Waals surface area contributed by atoms with Crippen molar-refractivity contribution >= 4 is 23.4 Å². The maximum atomic E-state index is 9.08. The molecule has 0 aliphatic carbocycles. The minimum absolute atomic E-state index is 0.112. The van der Waals surface area contributed by atoms with Gasteiger partial charge >= 0.3 is 0 Å². The number of likely N-dealkylation sites (N-methyl/N-ethyl adjacent to an activating group) is 1. The van der Waals surface area contributed by atoms with Gasteiger partial charge in [0, 0.05) is 11.3 Å². The van der Waals surface area contributed by atoms with Crippen LogP contribution in [0.5, 0.6) is 0 Å². The first kappa shape index (κ1) is 12.9. The molecule has 0 aromatic carbocycles. The largest absolute Gasteiger partial charge is 0.449 e. The molecule has 0 aliphatic rings. The Labute approximate surface area is 99.2 Å². The Kier molecular flexibility index (Phi) is 5.53. The van der Waals surface area contributed by atoms with Gasteiger partial charge in [0.1, 0.15) is 5.76 Å². The predicted octanol–water partition coefficient (Wildman–Crippen LogP) is 2.13. The quantitative estimate of drug-likeness (QED) is 0.811. The minimum atomic E-state index is 0.112. The molecule has 0 saturated heterocycles. The molecule has 2 unspecified atom stereocenters. The standard InChI is InChI=1S/C10H16ClNO2S/c1-7(9(5-13)12-2)15-6-8-3-4-10(11)14-8/h3-4,7,9,12-13H,5-6H2,1-2H3. The summed E-state index contributed by atoms with van der Waals surface area (Å²) in [6, 6.07) is 3.72. The zero-order valence-corrected chi connectivity index (χ0v) is 10.4. The molecule has 0 amide bonds. The Bertz CT molecular complexity index is 289. The minimum Gasteiger partial charge on any atom is -0.449 e. The van der Waals surface area contributed by atoms with Gasteiger partial charge in [0.25, 0.3) is 0 Å². The van der Waals surface area contributed by atoms with Gasteiger partial charge in [-0.2, -0.15) is 0 Å². The lowest BCUT2D eigenvalue weighted by Gasteiger charge is -2.20. The van der Waals surface area contributed by atoms with Crippen molar-refractivity contribution in [1.82, 2.24) is 5.32 Å². The van der Waals surface area contributed by atoms with Crippen molar-refractivity contribution in [3.8, 4) is 0 Å². The van der Waals surface area contributed by atoms with Gasteiger partial charge in [-0.3, -0.25) is 0 Å². The molecule has 0 bridgehead atoms. The molecule has 1 aromatic heterocycles. The number of aliphatic hydroxyl groups excluding tert-OH is 1. The molecular formula is C10H16ClNO2S. The van der Waals surface area contributed by atoms with Crippen LogP contribution in [0.1, 0.15) is 12.7 Å². The summed E-state index contributed by atoms with van der Waals surface area (Å²) in [6.07, 6.45) is 0. The lowest BCUT2D eigenvalue weighted by Crippen LogP contribution is -2.37. The van der Waals surface area contributed by atoms with Crippen LogP contribution in [0, 0.1) is 0 Å². The normalized spacial score (nSPS) is 15.2. The Morgan fingerprint density at radius 1 is 1.60 bits per heavy atom. The zero-order valence-electron chi connectivity index (χ0n) is 8.87. The predicted molar refractivity (Wildman–Crippen MR) is 64.4 cm³/mol. The molecule has 0 saturated carbocycles. The van der Waals surface area contributed by atoms with Crippen molar-refractivity contribution in [3.63, 3.8) is 0 Å². The van der Waals surface area contributed by atoms with Crippen LogP contribution in [0.4, 0.5) is 0 Å². The summed E-state index contributed by atoms with van der Waals surface area (Å²) in [5, 5.41) is 12.9. The fraction of sp³-hybridized carbons (Fsp3) is 0.600. The highest BCUT2D eigenvalue weighted by Crippen LogP contribution is 2.22. The maximum absolute atomic E-state index is 9.08. The van der Waals surface area contributed by atoms with Gasteiger partial charge in [-0.1, -0.05) is 6.92 Å². The van der Waals surface area contributed by atoms with E-state index in [-0.39, 0.29) is 12.6 Å². The van der Waals surface area contributed by atoms with E-state index in [1.54, 1.807) is 17.8 Å². The smallest absolute Gasteiger partial charge is 0.193 e. The Hall–Kier alpha value is -0.160. The molecule has 1 aromatic rings. The molecule has 0 aliphatic heterocycles. The third kappa shape index (κ3) is 4.07. The van der Waals surface area contributed by atoms with Crippen molar-refractivity contribution in [1.29, 1.82) is 0 Å². The van der Waals surface area contributed by atoms with Crippen LogP contribution in [0.2, 0.25) is 5.22 Å². The van der Waals surface area contributed by atoms with Crippen LogP contribution in [0.15, 0.2) is 16.5 Å². The Morgan fingerprint density at radius 2 is 2.33 bits per heavy atom. The van der Waals surface area contributed by atoms with Crippen molar-refractivity contribution in [2.75, 3.05) is 13.7 Å². The number of hydrogen-bond donors (Lipinski definition) is 2. The highest BCUT2D eigenvalue weighted by Gasteiger charge is 2.15. The number of nitrogens with one attached hydrogen (secondary N) is 1. The molecule has 86 valence electrons. The zero-order chi connectivity index (χ0) is 11.3. The maximum Gasteiger partial charge on any atom is 0.193 e. The van der Waals surface area contributed by atoms with E-state index in [4.69, 9.17) is 21.1 Å². The van der Waals surface area contributed by atoms with Crippen LogP contribution < -0.4 is 5.32 Å². The van der Waals surface area contributed by atoms with E-state index in [1.807, 2.05) is 13.1 Å². The van der Waals surface area contributed by atoms with E-state index in [0.717, 1.165) is 11.5 Å². The highest BCUT2D eigenvalue weighted by atomic mass is 35.5. The first-order valence-electron chi connectivity index (χ1n) is 4.81. The third-order valence-corrected chi connectivity index (χ3v) is 3.76. The first-order valence-corrected chi connectivity index (χ1v) is 6.24. The van der Waals surface area contributed by atoms with Crippen molar-refractivity contribution in [2.24, 2.45) is 0 Å². The van der Waals surface area contributed by atoms with Crippen LogP contribution in [0.3, 0.4) is 0 Å². The van der Waals surface area contributed by atoms with Gasteiger partial charge in [-0.15, -0.1) is 11.8 Å². The van der Waals surface area contributed by atoms with Crippen molar-refractivity contribution in [3.05, 3.63) is 23.1 Å². The van der Waals surface area contributed by atoms with Gasteiger partial charge in [-0.25, -0.2) is 0 Å². The highest BCUT2D eigenvalue weighted by molar-refractivity contribution is 7.99. The topological polar surface area (TPSA) is 45.4 Å². The number of furan rings is 1. The molecule has 2 N–H and O–H groups in total. The summed E-state index contributed by atoms with van der Waals surface area (Å²) in [6.45, 7) is 2.22. The van der Waals surface area contributed by atoms with Crippen molar-refractivity contribution in [2.45, 2.75) is 24.0 Å². The van der Waals surface area contributed by atoms with E-state index < -0.39 is 0 Å². The summed E-state index contributed by atoms with van der Waals surface area (Å²) in [5.41, 5.74) is 0. The van der Waals surface area contributed by atoms with Crippen LogP contribution in [-0.2, 0) is 5.75 Å². The summed E-state index contributed by atoms with van der Waals surface area (Å²) in [5.74, 6) is 1.64. The second-order valence-corrected chi connectivity index (χ2v) is 5.04. The summed E-state index contributed by atoms with van der Waals surface area (Å²) in [4.78, 5) is 0. The van der Waals surface area contributed by atoms with Crippen LogP contribution in [-0.4, -0.2) is 30.1 Å². The van der Waals surface area contributed by atoms with E-state index in [2.05, 4.69) is 12.2 Å². The summed E-state index contributed by atoms with van der Waals surface area (Å²) < 4.78 is 5.24. The second-order valence-electron chi connectivity index (χ2n) is 3.30. The fourth-order valence-electron chi connectivity index (χ4n) is 1.23. The SMILES string of the molecule is CNC(CO)C(C)SCc1ccc(Cl)o1. The molecule has 0 spiro atoms. The van der Waals surface area contributed by atoms with E-state index in [9.17, 15) is 0 Å². The molecule has 5 heteroatoms. The van der Waals surface area contributed by atoms with E-state index in [1.165, 1.54) is 0 Å². The monoisotopic (exact) mass is 249 g/mol. The molecule has 0 fully saturated rings. The van der Waals surface area contributed by atoms with Crippen LogP contribution in [0.25, 0.3) is 0 Å². The third-order valence-electron chi connectivity index (χ3n) is 2.25. The molecule has 0 radical (unpaired) electrons. The summed E-state index contributed by atoms with van der Waals surface area (Å²) in [7, 11) is 1.85. The molecule has 1 rings (SSSR count). The lowest BCUT2D eigenvalue weighted by atomic mass is 10.2. The van der Waals surface area contributed by atoms with Gasteiger partial charge < -0.3 is 14.8 Å². The first-order chi connectivity index (χ1) is 7.17. The molecule has 3 nitrogen and oxygen atoms in total. The lowest BCUT2D eigenvalue weighted by molar-refractivity contribution is 0.248. The van der Waals surface area contributed by atoms with Crippen LogP contribution >= 0.6 is 23.4 Å². The van der Waals surface area contributed by atoms with Crippen molar-refractivity contribution < 1.29 is 9.52 Å². The van der Waals surface area contributed by atoms with Gasteiger partial charge in [-0.05, 0) is 30.8 Å². The molecule has 15 heavy (non-hydrogen) atoms. The van der Waals surface area contributed by atoms with Gasteiger partial charge in [0.2, 0.25) is 0 Å². The Morgan fingerprint density at radius 3 is 2.80 bits per heavy atom. The molecule has 2 atom stereocenters. The van der Waals surface area contributed by atoms with Gasteiger partial charge in [0.05, 0.1) is 12.4 Å². The molecular weight excluding hydrogens is 234 g/mol. The average molecular weight is 250 g/mol. The number of rotatable bonds is 6. The fourth-order valence-corrected chi connectivity index (χ4v) is 2.43. The average Bonchev–Trinajstić information content (AvgIpc) is 2.63. The number of thioether (sulfide) groups is 1. The van der Waals surface area contributed by atoms with Gasteiger partial charge in [0.15, 0.2) is 5.22 Å². The van der Waals surface area contributed by atoms with E-state index in [0.29, 0.717) is 10.5 Å². The number of halogens is 1. The molecule has 1 heterocycles. The number of hydrogen-bond acceptors (Lipinski definition) is 4. The second kappa shape index (κ2) is 6.43. The Balaban J connectivity index is 2.36. The summed E-state index contributed by atoms with van der Waals surface area (Å²) >= 11 is 7.39.